The van der Waals surface area contributed by atoms with Gasteiger partial charge in [0.05, 0.1) is 17.8 Å². The maximum absolute atomic E-state index is 12.7. The molecule has 4 atom stereocenters. The summed E-state index contributed by atoms with van der Waals surface area (Å²) in [6.07, 6.45) is -0.260. The van der Waals surface area contributed by atoms with Gasteiger partial charge in [0.15, 0.2) is 0 Å². The molecule has 20 heavy (non-hydrogen) atoms. The lowest BCUT2D eigenvalue weighted by molar-refractivity contribution is -0.137. The Balaban J connectivity index is 2.25. The highest BCUT2D eigenvalue weighted by Crippen LogP contribution is 2.38. The van der Waals surface area contributed by atoms with E-state index in [1.165, 1.54) is 4.68 Å². The van der Waals surface area contributed by atoms with Crippen LogP contribution in [0, 0.1) is 11.8 Å². The van der Waals surface area contributed by atoms with E-state index in [9.17, 15) is 13.2 Å². The maximum Gasteiger partial charge on any atom is 0.419 e. The zero-order valence-corrected chi connectivity index (χ0v) is 12.1. The largest absolute Gasteiger partial charge is 0.419 e. The van der Waals surface area contributed by atoms with Crippen molar-refractivity contribution in [1.29, 1.82) is 0 Å². The van der Waals surface area contributed by atoms with E-state index in [0.717, 1.165) is 31.8 Å². The van der Waals surface area contributed by atoms with Gasteiger partial charge in [-0.25, -0.2) is 0 Å². The average molecular weight is 289 g/mol. The molecule has 1 heterocycles. The maximum atomic E-state index is 12.7. The number of rotatable bonds is 3. The van der Waals surface area contributed by atoms with Gasteiger partial charge in [0.25, 0.3) is 0 Å². The van der Waals surface area contributed by atoms with Crippen molar-refractivity contribution in [2.45, 2.75) is 51.9 Å². The molecule has 4 unspecified atom stereocenters. The zero-order chi connectivity index (χ0) is 14.9. The average Bonchev–Trinajstić information content (AvgIpc) is 2.77. The van der Waals surface area contributed by atoms with Crippen LogP contribution in [-0.2, 0) is 6.18 Å². The van der Waals surface area contributed by atoms with Gasteiger partial charge in [-0.3, -0.25) is 4.68 Å². The highest BCUT2D eigenvalue weighted by Gasteiger charge is 2.38. The number of aromatic nitrogens is 2. The first-order valence-corrected chi connectivity index (χ1v) is 7.17. The second-order valence-corrected chi connectivity index (χ2v) is 5.92. The monoisotopic (exact) mass is 289 g/mol. The van der Waals surface area contributed by atoms with E-state index in [1.54, 1.807) is 0 Å². The number of nitrogens with zero attached hydrogens (tertiary/aromatic N) is 2. The van der Waals surface area contributed by atoms with E-state index in [1.807, 2.05) is 6.92 Å². The van der Waals surface area contributed by atoms with Gasteiger partial charge in [0.2, 0.25) is 0 Å². The highest BCUT2D eigenvalue weighted by molar-refractivity contribution is 5.10. The van der Waals surface area contributed by atoms with Crippen molar-refractivity contribution in [2.75, 3.05) is 6.54 Å². The lowest BCUT2D eigenvalue weighted by Gasteiger charge is -2.40. The van der Waals surface area contributed by atoms with Crippen molar-refractivity contribution in [2.24, 2.45) is 11.8 Å². The summed E-state index contributed by atoms with van der Waals surface area (Å²) in [4.78, 5) is 0. The number of likely N-dealkylation sites (N-methyl/N-ethyl adjacent to an activating group) is 1. The van der Waals surface area contributed by atoms with Crippen LogP contribution < -0.4 is 5.32 Å². The van der Waals surface area contributed by atoms with Crippen molar-refractivity contribution in [3.63, 3.8) is 0 Å². The third-order valence-electron chi connectivity index (χ3n) is 4.13. The molecule has 0 radical (unpaired) electrons. The van der Waals surface area contributed by atoms with Gasteiger partial charge in [0, 0.05) is 12.2 Å². The Labute approximate surface area is 117 Å². The van der Waals surface area contributed by atoms with E-state index in [2.05, 4.69) is 24.3 Å². The van der Waals surface area contributed by atoms with Gasteiger partial charge >= 0.3 is 6.18 Å². The first-order valence-electron chi connectivity index (χ1n) is 7.17. The third kappa shape index (κ3) is 3.16. The van der Waals surface area contributed by atoms with Crippen LogP contribution in [0.4, 0.5) is 13.2 Å². The van der Waals surface area contributed by atoms with Crippen LogP contribution in [0.5, 0.6) is 0 Å². The molecule has 0 aromatic carbocycles. The molecule has 1 aromatic rings. The Hall–Kier alpha value is -1.04. The molecule has 1 aromatic heterocycles. The predicted molar refractivity (Wildman–Crippen MR) is 71.3 cm³/mol. The van der Waals surface area contributed by atoms with Gasteiger partial charge in [0.1, 0.15) is 0 Å². The quantitative estimate of drug-likeness (QED) is 0.923. The first kappa shape index (κ1) is 15.4. The Bertz CT molecular complexity index is 441. The molecule has 114 valence electrons. The molecule has 0 amide bonds. The third-order valence-corrected chi connectivity index (χ3v) is 4.13. The standard InChI is InChI=1S/C14H22F3N3/c1-4-18-12-6-9(2)5-10(3)13(12)20-8-11(7-19-20)14(15,16)17/h7-10,12-13,18H,4-6H2,1-3H3. The molecule has 1 N–H and O–H groups in total. The summed E-state index contributed by atoms with van der Waals surface area (Å²) in [7, 11) is 0. The summed E-state index contributed by atoms with van der Waals surface area (Å²) in [5.41, 5.74) is -0.668. The molecule has 1 aliphatic carbocycles. The summed E-state index contributed by atoms with van der Waals surface area (Å²) >= 11 is 0. The Morgan fingerprint density at radius 3 is 2.60 bits per heavy atom. The minimum Gasteiger partial charge on any atom is -0.312 e. The lowest BCUT2D eigenvalue weighted by Crippen LogP contribution is -2.45. The normalized spacial score (nSPS) is 31.5. The van der Waals surface area contributed by atoms with Crippen LogP contribution in [-0.4, -0.2) is 22.4 Å². The van der Waals surface area contributed by atoms with E-state index < -0.39 is 11.7 Å². The van der Waals surface area contributed by atoms with Crippen LogP contribution in [0.1, 0.15) is 45.2 Å². The van der Waals surface area contributed by atoms with E-state index in [0.29, 0.717) is 11.8 Å². The SMILES string of the molecule is CCNC1CC(C)CC(C)C1n1cc(C(F)(F)F)cn1. The van der Waals surface area contributed by atoms with Crippen LogP contribution in [0.25, 0.3) is 0 Å². The van der Waals surface area contributed by atoms with Gasteiger partial charge in [-0.15, -0.1) is 0 Å². The fraction of sp³-hybridized carbons (Fsp3) is 0.786. The van der Waals surface area contributed by atoms with Gasteiger partial charge in [-0.05, 0) is 31.2 Å². The van der Waals surface area contributed by atoms with Crippen LogP contribution >= 0.6 is 0 Å². The number of hydrogen-bond acceptors (Lipinski definition) is 2. The lowest BCUT2D eigenvalue weighted by atomic mass is 9.76. The second kappa shape index (κ2) is 5.76. The molecule has 0 bridgehead atoms. The van der Waals surface area contributed by atoms with Crippen LogP contribution in [0.15, 0.2) is 12.4 Å². The molecular weight excluding hydrogens is 267 g/mol. The summed E-state index contributed by atoms with van der Waals surface area (Å²) < 4.78 is 39.6. The molecule has 1 fully saturated rings. The van der Waals surface area contributed by atoms with E-state index >= 15 is 0 Å². The second-order valence-electron chi connectivity index (χ2n) is 5.92. The zero-order valence-electron chi connectivity index (χ0n) is 12.1. The van der Waals surface area contributed by atoms with Crippen molar-refractivity contribution in [3.05, 3.63) is 18.0 Å². The summed E-state index contributed by atoms with van der Waals surface area (Å²) in [5.74, 6) is 0.895. The summed E-state index contributed by atoms with van der Waals surface area (Å²) in [5, 5.41) is 7.37. The topological polar surface area (TPSA) is 29.9 Å². The highest BCUT2D eigenvalue weighted by atomic mass is 19.4. The molecule has 3 nitrogen and oxygen atoms in total. The molecule has 6 heteroatoms. The molecule has 0 aliphatic heterocycles. The van der Waals surface area contributed by atoms with Crippen LogP contribution in [0.2, 0.25) is 0 Å². The molecule has 0 saturated heterocycles. The van der Waals surface area contributed by atoms with Crippen molar-refractivity contribution in [1.82, 2.24) is 15.1 Å². The number of halogens is 3. The minimum absolute atomic E-state index is 0.0118. The molecule has 0 spiro atoms. The Morgan fingerprint density at radius 1 is 1.35 bits per heavy atom. The van der Waals surface area contributed by atoms with Crippen molar-refractivity contribution in [3.8, 4) is 0 Å². The minimum atomic E-state index is -4.32. The summed E-state index contributed by atoms with van der Waals surface area (Å²) in [6.45, 7) is 7.13. The number of hydrogen-bond donors (Lipinski definition) is 1. The molecule has 1 saturated carbocycles. The molecule has 1 aliphatic rings. The number of nitrogens with one attached hydrogen (secondary N) is 1. The van der Waals surface area contributed by atoms with Crippen molar-refractivity contribution < 1.29 is 13.2 Å². The Morgan fingerprint density at radius 2 is 2.05 bits per heavy atom. The molecular formula is C14H22F3N3. The Kier molecular flexibility index (Phi) is 4.42. The number of alkyl halides is 3. The van der Waals surface area contributed by atoms with Gasteiger partial charge in [-0.1, -0.05) is 20.8 Å². The first-order chi connectivity index (χ1) is 9.32. The van der Waals surface area contributed by atoms with E-state index in [-0.39, 0.29) is 12.1 Å². The van der Waals surface area contributed by atoms with Crippen LogP contribution in [0.3, 0.4) is 0 Å². The van der Waals surface area contributed by atoms with Crippen molar-refractivity contribution >= 4 is 0 Å². The fourth-order valence-electron chi connectivity index (χ4n) is 3.40. The van der Waals surface area contributed by atoms with Gasteiger partial charge < -0.3 is 5.32 Å². The smallest absolute Gasteiger partial charge is 0.312 e. The fourth-order valence-corrected chi connectivity index (χ4v) is 3.40. The predicted octanol–water partition coefficient (Wildman–Crippen LogP) is 3.49. The van der Waals surface area contributed by atoms with E-state index in [4.69, 9.17) is 0 Å². The molecule has 2 rings (SSSR count). The summed E-state index contributed by atoms with van der Waals surface area (Å²) in [6, 6.07) is 0.169. The van der Waals surface area contributed by atoms with Gasteiger partial charge in [-0.2, -0.15) is 18.3 Å².